The number of aromatic nitrogens is 2. The number of nitrogen functional groups attached to an aromatic ring is 1. The minimum atomic E-state index is 0.0111. The summed E-state index contributed by atoms with van der Waals surface area (Å²) in [6.07, 6.45) is 1.03. The second-order valence-electron chi connectivity index (χ2n) is 4.48. The van der Waals surface area contributed by atoms with Crippen LogP contribution in [0, 0.1) is 0 Å². The van der Waals surface area contributed by atoms with Crippen LogP contribution in [0.2, 0.25) is 0 Å². The van der Waals surface area contributed by atoms with E-state index in [4.69, 9.17) is 5.73 Å². The first-order chi connectivity index (χ1) is 7.06. The number of para-hydroxylation sites is 1. The van der Waals surface area contributed by atoms with Crippen molar-refractivity contribution in [2.24, 2.45) is 0 Å². The van der Waals surface area contributed by atoms with Crippen LogP contribution in [0.4, 0.5) is 5.82 Å². The quantitative estimate of drug-likeness (QED) is 0.815. The lowest BCUT2D eigenvalue weighted by atomic mass is 10.0. The Bertz CT molecular complexity index is 483. The highest BCUT2D eigenvalue weighted by Crippen LogP contribution is 2.27. The van der Waals surface area contributed by atoms with Gasteiger partial charge in [-0.25, -0.2) is 0 Å². The van der Waals surface area contributed by atoms with Crippen molar-refractivity contribution >= 4 is 16.7 Å². The highest BCUT2D eigenvalue weighted by Gasteiger charge is 2.21. The van der Waals surface area contributed by atoms with Crippen molar-refractivity contribution in [3.05, 3.63) is 24.3 Å². The Morgan fingerprint density at radius 3 is 2.67 bits per heavy atom. The molecule has 15 heavy (non-hydrogen) atoms. The van der Waals surface area contributed by atoms with Gasteiger partial charge in [-0.15, -0.1) is 0 Å². The lowest BCUT2D eigenvalue weighted by Gasteiger charge is -2.24. The van der Waals surface area contributed by atoms with Crippen LogP contribution < -0.4 is 5.73 Å². The molecule has 1 heterocycles. The number of fused-ring (bicyclic) bond motifs is 1. The molecule has 1 aromatic carbocycles. The average Bonchev–Trinajstić information content (AvgIpc) is 2.58. The smallest absolute Gasteiger partial charge is 0.153 e. The largest absolute Gasteiger partial charge is 0.382 e. The Labute approximate surface area is 89.9 Å². The molecule has 0 bridgehead atoms. The number of rotatable bonds is 2. The van der Waals surface area contributed by atoms with Crippen molar-refractivity contribution in [1.82, 2.24) is 9.78 Å². The second-order valence-corrected chi connectivity index (χ2v) is 4.48. The van der Waals surface area contributed by atoms with Crippen LogP contribution in [0.25, 0.3) is 10.9 Å². The van der Waals surface area contributed by atoms with Crippen molar-refractivity contribution < 1.29 is 0 Å². The third kappa shape index (κ3) is 1.48. The number of nitrogens with zero attached hydrogens (tertiary/aromatic N) is 2. The molecule has 1 aromatic heterocycles. The SMILES string of the molecule is CCC(C)(C)n1nc(N)c2ccccc21. The molecule has 3 nitrogen and oxygen atoms in total. The van der Waals surface area contributed by atoms with Crippen molar-refractivity contribution in [3.8, 4) is 0 Å². The lowest BCUT2D eigenvalue weighted by molar-refractivity contribution is 0.320. The molecule has 0 saturated heterocycles. The summed E-state index contributed by atoms with van der Waals surface area (Å²) in [6.45, 7) is 6.50. The monoisotopic (exact) mass is 203 g/mol. The molecule has 0 saturated carbocycles. The summed E-state index contributed by atoms with van der Waals surface area (Å²) in [6, 6.07) is 8.09. The third-order valence-electron chi connectivity index (χ3n) is 3.05. The van der Waals surface area contributed by atoms with E-state index in [9.17, 15) is 0 Å². The molecule has 0 radical (unpaired) electrons. The van der Waals surface area contributed by atoms with Gasteiger partial charge in [-0.2, -0.15) is 5.10 Å². The van der Waals surface area contributed by atoms with E-state index in [1.165, 1.54) is 0 Å². The summed E-state index contributed by atoms with van der Waals surface area (Å²) >= 11 is 0. The van der Waals surface area contributed by atoms with E-state index >= 15 is 0 Å². The number of nitrogens with two attached hydrogens (primary N) is 1. The highest BCUT2D eigenvalue weighted by molar-refractivity contribution is 5.89. The standard InChI is InChI=1S/C12H17N3/c1-4-12(2,3)15-10-8-6-5-7-9(10)11(13)14-15/h5-8H,4H2,1-3H3,(H2,13,14). The van der Waals surface area contributed by atoms with Crippen LogP contribution in [0.3, 0.4) is 0 Å². The molecule has 80 valence electrons. The molecule has 3 heteroatoms. The summed E-state index contributed by atoms with van der Waals surface area (Å²) in [5, 5.41) is 5.47. The first-order valence-corrected chi connectivity index (χ1v) is 5.30. The van der Waals surface area contributed by atoms with Crippen LogP contribution in [0.15, 0.2) is 24.3 Å². The number of hydrogen-bond donors (Lipinski definition) is 1. The molecule has 0 aliphatic heterocycles. The van der Waals surface area contributed by atoms with Crippen LogP contribution in [-0.4, -0.2) is 9.78 Å². The molecule has 0 aliphatic carbocycles. The summed E-state index contributed by atoms with van der Waals surface area (Å²) in [5.41, 5.74) is 7.02. The fourth-order valence-electron chi connectivity index (χ4n) is 1.70. The van der Waals surface area contributed by atoms with Crippen LogP contribution in [0.1, 0.15) is 27.2 Å². The molecule has 2 aromatic rings. The van der Waals surface area contributed by atoms with E-state index in [-0.39, 0.29) is 5.54 Å². The number of benzene rings is 1. The Morgan fingerprint density at radius 1 is 1.33 bits per heavy atom. The molecule has 0 atom stereocenters. The van der Waals surface area contributed by atoms with Gasteiger partial charge < -0.3 is 5.73 Å². The minimum absolute atomic E-state index is 0.0111. The van der Waals surface area contributed by atoms with Gasteiger partial charge in [-0.3, -0.25) is 4.68 Å². The topological polar surface area (TPSA) is 43.8 Å². The highest BCUT2D eigenvalue weighted by atomic mass is 15.3. The van der Waals surface area contributed by atoms with E-state index in [0.29, 0.717) is 5.82 Å². The van der Waals surface area contributed by atoms with Gasteiger partial charge in [-0.1, -0.05) is 19.1 Å². The van der Waals surface area contributed by atoms with Gasteiger partial charge in [-0.05, 0) is 32.4 Å². The summed E-state index contributed by atoms with van der Waals surface area (Å²) in [5.74, 6) is 0.618. The zero-order chi connectivity index (χ0) is 11.1. The average molecular weight is 203 g/mol. The zero-order valence-electron chi connectivity index (χ0n) is 9.49. The third-order valence-corrected chi connectivity index (χ3v) is 3.05. The predicted molar refractivity (Wildman–Crippen MR) is 63.8 cm³/mol. The number of anilines is 1. The maximum atomic E-state index is 5.90. The zero-order valence-corrected chi connectivity index (χ0v) is 9.49. The first kappa shape index (κ1) is 10.0. The van der Waals surface area contributed by atoms with Crippen LogP contribution in [-0.2, 0) is 5.54 Å². The molecule has 0 fully saturated rings. The molecule has 0 spiro atoms. The first-order valence-electron chi connectivity index (χ1n) is 5.30. The maximum Gasteiger partial charge on any atom is 0.153 e. The Balaban J connectivity index is 2.72. The van der Waals surface area contributed by atoms with E-state index in [2.05, 4.69) is 31.9 Å². The Hall–Kier alpha value is -1.51. The fourth-order valence-corrected chi connectivity index (χ4v) is 1.70. The van der Waals surface area contributed by atoms with Gasteiger partial charge in [0, 0.05) is 5.39 Å². The van der Waals surface area contributed by atoms with Crippen molar-refractivity contribution in [2.75, 3.05) is 5.73 Å². The van der Waals surface area contributed by atoms with Gasteiger partial charge in [0.2, 0.25) is 0 Å². The Morgan fingerprint density at radius 2 is 2.00 bits per heavy atom. The van der Waals surface area contributed by atoms with Gasteiger partial charge in [0.15, 0.2) is 5.82 Å². The van der Waals surface area contributed by atoms with E-state index in [0.717, 1.165) is 17.3 Å². The second kappa shape index (κ2) is 3.26. The number of hydrogen-bond acceptors (Lipinski definition) is 2. The maximum absolute atomic E-state index is 5.90. The van der Waals surface area contributed by atoms with Gasteiger partial charge in [0.25, 0.3) is 0 Å². The van der Waals surface area contributed by atoms with E-state index in [1.54, 1.807) is 0 Å². The summed E-state index contributed by atoms with van der Waals surface area (Å²) in [4.78, 5) is 0. The predicted octanol–water partition coefficient (Wildman–Crippen LogP) is 2.76. The van der Waals surface area contributed by atoms with Crippen LogP contribution >= 0.6 is 0 Å². The molecule has 0 amide bonds. The van der Waals surface area contributed by atoms with Gasteiger partial charge in [0.05, 0.1) is 11.1 Å². The Kier molecular flexibility index (Phi) is 2.18. The van der Waals surface area contributed by atoms with Crippen molar-refractivity contribution in [2.45, 2.75) is 32.7 Å². The van der Waals surface area contributed by atoms with E-state index < -0.39 is 0 Å². The fraction of sp³-hybridized carbons (Fsp3) is 0.417. The lowest BCUT2D eigenvalue weighted by Crippen LogP contribution is -2.26. The van der Waals surface area contributed by atoms with Crippen molar-refractivity contribution in [3.63, 3.8) is 0 Å². The summed E-state index contributed by atoms with van der Waals surface area (Å²) in [7, 11) is 0. The molecular formula is C12H17N3. The van der Waals surface area contributed by atoms with Gasteiger partial charge >= 0.3 is 0 Å². The minimum Gasteiger partial charge on any atom is -0.382 e. The van der Waals surface area contributed by atoms with Gasteiger partial charge in [0.1, 0.15) is 0 Å². The molecule has 0 unspecified atom stereocenters. The normalized spacial score (nSPS) is 12.2. The molecular weight excluding hydrogens is 186 g/mol. The summed E-state index contributed by atoms with van der Waals surface area (Å²) < 4.78 is 2.03. The van der Waals surface area contributed by atoms with Crippen LogP contribution in [0.5, 0.6) is 0 Å². The van der Waals surface area contributed by atoms with Crippen molar-refractivity contribution in [1.29, 1.82) is 0 Å². The molecule has 2 N–H and O–H groups in total. The molecule has 0 aliphatic rings. The van der Waals surface area contributed by atoms with E-state index in [1.807, 2.05) is 22.9 Å². The molecule has 2 rings (SSSR count).